The van der Waals surface area contributed by atoms with E-state index in [1.807, 2.05) is 13.8 Å². The number of hydrogen-bond acceptors (Lipinski definition) is 4. The highest BCUT2D eigenvalue weighted by atomic mass is 16.6. The summed E-state index contributed by atoms with van der Waals surface area (Å²) >= 11 is 0. The zero-order chi connectivity index (χ0) is 14.0. The lowest BCUT2D eigenvalue weighted by Gasteiger charge is -2.18. The first-order chi connectivity index (χ1) is 8.41. The van der Waals surface area contributed by atoms with E-state index >= 15 is 0 Å². The number of ether oxygens (including phenoxy) is 3. The van der Waals surface area contributed by atoms with Crippen molar-refractivity contribution in [1.82, 2.24) is 0 Å². The van der Waals surface area contributed by atoms with Gasteiger partial charge in [0.2, 0.25) is 0 Å². The molecule has 0 aromatic heterocycles. The Bertz CT molecular complexity index is 217. The van der Waals surface area contributed by atoms with Gasteiger partial charge in [0.15, 0.2) is 0 Å². The molecule has 1 N–H and O–H groups in total. The average molecular weight is 262 g/mol. The Labute approximate surface area is 109 Å². The van der Waals surface area contributed by atoms with E-state index in [4.69, 9.17) is 19.3 Å². The fraction of sp³-hybridized carbons (Fsp3) is 0.923. The first-order valence-electron chi connectivity index (χ1n) is 6.44. The third-order valence-corrected chi connectivity index (χ3v) is 2.14. The molecule has 0 aliphatic heterocycles. The number of carboxylic acid groups (broad SMARTS) is 1. The largest absolute Gasteiger partial charge is 0.481 e. The van der Waals surface area contributed by atoms with E-state index in [2.05, 4.69) is 13.8 Å². The maximum absolute atomic E-state index is 10.3. The Kier molecular flexibility index (Phi) is 9.92. The highest BCUT2D eigenvalue weighted by Crippen LogP contribution is 2.00. The molecule has 0 aromatic carbocycles. The van der Waals surface area contributed by atoms with Crippen molar-refractivity contribution in [2.75, 3.05) is 26.4 Å². The van der Waals surface area contributed by atoms with Crippen LogP contribution >= 0.6 is 0 Å². The van der Waals surface area contributed by atoms with Gasteiger partial charge in [-0.3, -0.25) is 4.79 Å². The molecule has 0 amide bonds. The summed E-state index contributed by atoms with van der Waals surface area (Å²) in [5, 5.41) is 8.46. The van der Waals surface area contributed by atoms with E-state index in [0.29, 0.717) is 19.1 Å². The van der Waals surface area contributed by atoms with Gasteiger partial charge >= 0.3 is 5.97 Å². The van der Waals surface area contributed by atoms with Crippen LogP contribution in [0, 0.1) is 5.92 Å². The van der Waals surface area contributed by atoms with Gasteiger partial charge in [-0.25, -0.2) is 0 Å². The van der Waals surface area contributed by atoms with Crippen molar-refractivity contribution in [3.8, 4) is 0 Å². The third kappa shape index (κ3) is 11.8. The Morgan fingerprint density at radius 1 is 1.00 bits per heavy atom. The molecule has 0 bridgehead atoms. The zero-order valence-corrected chi connectivity index (χ0v) is 11.8. The van der Waals surface area contributed by atoms with Crippen LogP contribution in [0.25, 0.3) is 0 Å². The van der Waals surface area contributed by atoms with Crippen LogP contribution in [-0.2, 0) is 19.0 Å². The molecule has 2 atom stereocenters. The average Bonchev–Trinajstić information content (AvgIpc) is 2.25. The maximum Gasteiger partial charge on any atom is 0.305 e. The maximum atomic E-state index is 10.3. The summed E-state index contributed by atoms with van der Waals surface area (Å²) in [5.41, 5.74) is 0. The van der Waals surface area contributed by atoms with Gasteiger partial charge in [0.1, 0.15) is 0 Å². The van der Waals surface area contributed by atoms with Crippen molar-refractivity contribution in [2.24, 2.45) is 5.92 Å². The zero-order valence-electron chi connectivity index (χ0n) is 11.8. The van der Waals surface area contributed by atoms with Crippen LogP contribution in [0.2, 0.25) is 0 Å². The highest BCUT2D eigenvalue weighted by Gasteiger charge is 2.08. The van der Waals surface area contributed by atoms with Crippen LogP contribution in [0.1, 0.15) is 34.1 Å². The molecular formula is C13H26O5. The minimum Gasteiger partial charge on any atom is -0.481 e. The number of carbonyl (C=O) groups is 1. The molecule has 0 aromatic rings. The molecule has 5 heteroatoms. The van der Waals surface area contributed by atoms with E-state index in [1.54, 1.807) is 0 Å². The molecule has 0 rings (SSSR count). The summed E-state index contributed by atoms with van der Waals surface area (Å²) in [7, 11) is 0. The predicted molar refractivity (Wildman–Crippen MR) is 68.7 cm³/mol. The van der Waals surface area contributed by atoms with Crippen LogP contribution in [0.15, 0.2) is 0 Å². The van der Waals surface area contributed by atoms with Gasteiger partial charge in [-0.1, -0.05) is 13.8 Å². The molecule has 5 nitrogen and oxygen atoms in total. The molecular weight excluding hydrogens is 236 g/mol. The molecule has 0 aliphatic carbocycles. The fourth-order valence-corrected chi connectivity index (χ4v) is 1.21. The van der Waals surface area contributed by atoms with Crippen molar-refractivity contribution in [1.29, 1.82) is 0 Å². The van der Waals surface area contributed by atoms with Gasteiger partial charge in [-0.05, 0) is 19.8 Å². The van der Waals surface area contributed by atoms with Crippen LogP contribution in [0.5, 0.6) is 0 Å². The summed E-state index contributed by atoms with van der Waals surface area (Å²) in [4.78, 5) is 10.3. The second kappa shape index (κ2) is 10.3. The minimum atomic E-state index is -0.849. The van der Waals surface area contributed by atoms with Gasteiger partial charge in [0.25, 0.3) is 0 Å². The van der Waals surface area contributed by atoms with E-state index in [0.717, 1.165) is 6.61 Å². The molecule has 108 valence electrons. The van der Waals surface area contributed by atoms with Crippen molar-refractivity contribution >= 4 is 5.97 Å². The smallest absolute Gasteiger partial charge is 0.305 e. The molecule has 0 aliphatic rings. The van der Waals surface area contributed by atoms with Crippen LogP contribution in [0.3, 0.4) is 0 Å². The fourth-order valence-electron chi connectivity index (χ4n) is 1.21. The summed E-state index contributed by atoms with van der Waals surface area (Å²) in [6.45, 7) is 9.99. The molecule has 18 heavy (non-hydrogen) atoms. The van der Waals surface area contributed by atoms with Gasteiger partial charge < -0.3 is 19.3 Å². The molecule has 2 unspecified atom stereocenters. The number of aliphatic carboxylic acids is 1. The second-order valence-electron chi connectivity index (χ2n) is 4.90. The standard InChI is InChI=1S/C13H26O5/c1-10(2)7-16-8-11(3)18-9-12(4)17-6-5-13(14)15/h10-12H,5-9H2,1-4H3,(H,14,15). The quantitative estimate of drug-likeness (QED) is 0.616. The number of rotatable bonds is 11. The Balaban J connectivity index is 3.46. The van der Waals surface area contributed by atoms with Crippen molar-refractivity contribution in [3.63, 3.8) is 0 Å². The molecule has 0 saturated carbocycles. The number of hydrogen-bond donors (Lipinski definition) is 1. The predicted octanol–water partition coefficient (Wildman–Crippen LogP) is 1.94. The van der Waals surface area contributed by atoms with E-state index < -0.39 is 5.97 Å². The first-order valence-corrected chi connectivity index (χ1v) is 6.44. The molecule has 0 radical (unpaired) electrons. The summed E-state index contributed by atoms with van der Waals surface area (Å²) in [6.07, 6.45) is -0.0524. The summed E-state index contributed by atoms with van der Waals surface area (Å²) in [5.74, 6) is -0.325. The van der Waals surface area contributed by atoms with Crippen molar-refractivity contribution in [3.05, 3.63) is 0 Å². The molecule has 0 spiro atoms. The molecule has 0 fully saturated rings. The van der Waals surface area contributed by atoms with E-state index in [1.165, 1.54) is 0 Å². The summed E-state index contributed by atoms with van der Waals surface area (Å²) < 4.78 is 16.3. The van der Waals surface area contributed by atoms with Gasteiger partial charge in [-0.15, -0.1) is 0 Å². The minimum absolute atomic E-state index is 0.0225. The van der Waals surface area contributed by atoms with Gasteiger partial charge in [-0.2, -0.15) is 0 Å². The molecule has 0 heterocycles. The topological polar surface area (TPSA) is 65.0 Å². The van der Waals surface area contributed by atoms with E-state index in [9.17, 15) is 4.79 Å². The SMILES string of the molecule is CC(C)COCC(C)OCC(C)OCCC(=O)O. The van der Waals surface area contributed by atoms with Gasteiger partial charge in [0.05, 0.1) is 38.4 Å². The monoisotopic (exact) mass is 262 g/mol. The van der Waals surface area contributed by atoms with Crippen LogP contribution in [0.4, 0.5) is 0 Å². The third-order valence-electron chi connectivity index (χ3n) is 2.14. The Morgan fingerprint density at radius 3 is 2.17 bits per heavy atom. The number of carboxylic acids is 1. The first kappa shape index (κ1) is 17.4. The van der Waals surface area contributed by atoms with Gasteiger partial charge in [0, 0.05) is 6.61 Å². The van der Waals surface area contributed by atoms with E-state index in [-0.39, 0.29) is 25.2 Å². The Hall–Kier alpha value is -0.650. The Morgan fingerprint density at radius 2 is 1.61 bits per heavy atom. The second-order valence-corrected chi connectivity index (χ2v) is 4.90. The lowest BCUT2D eigenvalue weighted by atomic mass is 10.2. The lowest BCUT2D eigenvalue weighted by Crippen LogP contribution is -2.24. The van der Waals surface area contributed by atoms with Crippen LogP contribution < -0.4 is 0 Å². The van der Waals surface area contributed by atoms with Crippen molar-refractivity contribution < 1.29 is 24.1 Å². The lowest BCUT2D eigenvalue weighted by molar-refractivity contribution is -0.139. The van der Waals surface area contributed by atoms with Crippen LogP contribution in [-0.4, -0.2) is 49.7 Å². The highest BCUT2D eigenvalue weighted by molar-refractivity contribution is 5.66. The normalized spacial score (nSPS) is 14.7. The van der Waals surface area contributed by atoms with Crippen molar-refractivity contribution in [2.45, 2.75) is 46.3 Å². The molecule has 0 saturated heterocycles. The summed E-state index contributed by atoms with van der Waals surface area (Å²) in [6, 6.07) is 0.